The number of H-pyrrole nitrogens is 2. The van der Waals surface area contributed by atoms with Crippen LogP contribution in [0.2, 0.25) is 0 Å². The van der Waals surface area contributed by atoms with E-state index in [2.05, 4.69) is 74.5 Å². The average Bonchev–Trinajstić information content (AvgIpc) is 3.47. The molecule has 2 N–H and O–H groups in total. The molecule has 150 valence electrons. The number of nitrogens with zero attached hydrogens (tertiary/aromatic N) is 3. The number of benzene rings is 3. The van der Waals surface area contributed by atoms with E-state index in [9.17, 15) is 0 Å². The Bertz CT molecular complexity index is 1700. The van der Waals surface area contributed by atoms with Crippen LogP contribution in [-0.4, -0.2) is 24.9 Å². The minimum Gasteiger partial charge on any atom is -0.354 e. The Morgan fingerprint density at radius 1 is 0.562 bits per heavy atom. The Hall–Kier alpha value is -4.51. The number of aromatic amines is 2. The number of imidazole rings is 1. The molecule has 0 unspecified atom stereocenters. The molecule has 3 aromatic carbocycles. The second-order valence-corrected chi connectivity index (χ2v) is 7.89. The number of hydrogen-bond donors (Lipinski definition) is 2. The number of fused-ring (bicyclic) bond motifs is 7. The van der Waals surface area contributed by atoms with E-state index in [1.54, 1.807) is 0 Å². The van der Waals surface area contributed by atoms with Crippen molar-refractivity contribution in [2.45, 2.75) is 0 Å². The monoisotopic (exact) mass is 411 g/mol. The highest BCUT2D eigenvalue weighted by atomic mass is 14.9. The van der Waals surface area contributed by atoms with Crippen molar-refractivity contribution in [1.82, 2.24) is 24.9 Å². The lowest BCUT2D eigenvalue weighted by atomic mass is 10.0. The molecule has 7 rings (SSSR count). The molecule has 4 heterocycles. The van der Waals surface area contributed by atoms with Crippen molar-refractivity contribution >= 4 is 43.7 Å². The predicted octanol–water partition coefficient (Wildman–Crippen LogP) is 6.47. The zero-order valence-corrected chi connectivity index (χ0v) is 17.0. The van der Waals surface area contributed by atoms with Crippen LogP contribution in [0.1, 0.15) is 0 Å². The van der Waals surface area contributed by atoms with Gasteiger partial charge in [-0.05, 0) is 35.9 Å². The van der Waals surface area contributed by atoms with Gasteiger partial charge in [0, 0.05) is 34.1 Å². The maximum absolute atomic E-state index is 5.13. The van der Waals surface area contributed by atoms with Gasteiger partial charge in [-0.3, -0.25) is 9.97 Å². The Morgan fingerprint density at radius 3 is 2.09 bits per heavy atom. The molecule has 4 aromatic heterocycles. The molecule has 7 aromatic rings. The summed E-state index contributed by atoms with van der Waals surface area (Å²) in [6, 6.07) is 26.8. The molecule has 0 radical (unpaired) electrons. The Balaban J connectivity index is 1.63. The summed E-state index contributed by atoms with van der Waals surface area (Å²) >= 11 is 0. The Kier molecular flexibility index (Phi) is 3.49. The van der Waals surface area contributed by atoms with Gasteiger partial charge in [-0.2, -0.15) is 0 Å². The molecule has 0 aliphatic heterocycles. The van der Waals surface area contributed by atoms with Gasteiger partial charge in [0.15, 0.2) is 0 Å². The zero-order chi connectivity index (χ0) is 21.1. The average molecular weight is 411 g/mol. The van der Waals surface area contributed by atoms with Crippen molar-refractivity contribution in [3.63, 3.8) is 0 Å². The summed E-state index contributed by atoms with van der Waals surface area (Å²) in [5, 5.41) is 3.15. The zero-order valence-electron chi connectivity index (χ0n) is 17.0. The highest BCUT2D eigenvalue weighted by Crippen LogP contribution is 2.39. The van der Waals surface area contributed by atoms with E-state index in [4.69, 9.17) is 4.98 Å². The van der Waals surface area contributed by atoms with Crippen LogP contribution in [0.15, 0.2) is 91.3 Å². The van der Waals surface area contributed by atoms with E-state index in [1.807, 2.05) is 36.7 Å². The van der Waals surface area contributed by atoms with Crippen molar-refractivity contribution in [2.24, 2.45) is 0 Å². The van der Waals surface area contributed by atoms with Crippen LogP contribution in [0.5, 0.6) is 0 Å². The number of aromatic nitrogens is 5. The lowest BCUT2D eigenvalue weighted by Crippen LogP contribution is -1.86. The molecule has 0 bridgehead atoms. The molecule has 0 aliphatic carbocycles. The molecular formula is C27H17N5. The fraction of sp³-hybridized carbons (Fsp3) is 0. The van der Waals surface area contributed by atoms with Crippen LogP contribution < -0.4 is 0 Å². The van der Waals surface area contributed by atoms with Gasteiger partial charge >= 0.3 is 0 Å². The first-order chi connectivity index (χ1) is 15.9. The van der Waals surface area contributed by atoms with Crippen LogP contribution >= 0.6 is 0 Å². The van der Waals surface area contributed by atoms with E-state index in [1.165, 1.54) is 0 Å². The molecule has 0 spiro atoms. The topological polar surface area (TPSA) is 70.2 Å². The fourth-order valence-corrected chi connectivity index (χ4v) is 4.67. The predicted molar refractivity (Wildman–Crippen MR) is 129 cm³/mol. The molecule has 5 heteroatoms. The molecular weight excluding hydrogens is 394 g/mol. The van der Waals surface area contributed by atoms with Crippen LogP contribution in [-0.2, 0) is 0 Å². The van der Waals surface area contributed by atoms with Crippen LogP contribution in [0.4, 0.5) is 0 Å². The first-order valence-corrected chi connectivity index (χ1v) is 10.6. The van der Waals surface area contributed by atoms with Gasteiger partial charge in [0.1, 0.15) is 5.82 Å². The van der Waals surface area contributed by atoms with Gasteiger partial charge in [0.2, 0.25) is 0 Å². The normalized spacial score (nSPS) is 11.8. The fourth-order valence-electron chi connectivity index (χ4n) is 4.67. The maximum atomic E-state index is 5.13. The lowest BCUT2D eigenvalue weighted by Gasteiger charge is -2.03. The summed E-state index contributed by atoms with van der Waals surface area (Å²) < 4.78 is 0. The smallest absolute Gasteiger partial charge is 0.141 e. The van der Waals surface area contributed by atoms with Gasteiger partial charge in [0.05, 0.1) is 33.3 Å². The Labute approximate surface area is 182 Å². The summed E-state index contributed by atoms with van der Waals surface area (Å²) in [7, 11) is 0. The molecule has 0 fully saturated rings. The molecule has 0 saturated heterocycles. The summed E-state index contributed by atoms with van der Waals surface area (Å²) in [6.45, 7) is 0. The molecule has 0 amide bonds. The van der Waals surface area contributed by atoms with Gasteiger partial charge in [-0.15, -0.1) is 0 Å². The van der Waals surface area contributed by atoms with E-state index in [-0.39, 0.29) is 0 Å². The highest BCUT2D eigenvalue weighted by Gasteiger charge is 2.20. The molecule has 0 aliphatic rings. The Morgan fingerprint density at radius 2 is 1.25 bits per heavy atom. The van der Waals surface area contributed by atoms with Crippen molar-refractivity contribution in [2.75, 3.05) is 0 Å². The number of hydrogen-bond acceptors (Lipinski definition) is 3. The van der Waals surface area contributed by atoms with Crippen molar-refractivity contribution in [3.8, 4) is 22.6 Å². The first kappa shape index (κ1) is 17.2. The maximum Gasteiger partial charge on any atom is 0.141 e. The van der Waals surface area contributed by atoms with Crippen molar-refractivity contribution in [3.05, 3.63) is 91.3 Å². The largest absolute Gasteiger partial charge is 0.354 e. The minimum atomic E-state index is 0.831. The minimum absolute atomic E-state index is 0.831. The van der Waals surface area contributed by atoms with E-state index in [0.717, 1.165) is 66.4 Å². The van der Waals surface area contributed by atoms with E-state index >= 15 is 0 Å². The second-order valence-electron chi connectivity index (χ2n) is 7.89. The highest BCUT2D eigenvalue weighted by molar-refractivity contribution is 6.21. The summed E-state index contributed by atoms with van der Waals surface area (Å²) in [5.41, 5.74) is 7.97. The SMILES string of the molecule is c1ccc(-c2[nH]c3ccccc3c2-c2nc3c4cccnc4c4ncccc4c3[nH]2)cc1. The van der Waals surface area contributed by atoms with Gasteiger partial charge in [-0.25, -0.2) is 4.98 Å². The third-order valence-electron chi connectivity index (χ3n) is 6.07. The van der Waals surface area contributed by atoms with E-state index in [0.29, 0.717) is 0 Å². The third-order valence-corrected chi connectivity index (χ3v) is 6.07. The third kappa shape index (κ3) is 2.36. The van der Waals surface area contributed by atoms with Gasteiger partial charge in [-0.1, -0.05) is 48.5 Å². The summed E-state index contributed by atoms with van der Waals surface area (Å²) in [5.74, 6) is 0.831. The molecule has 32 heavy (non-hydrogen) atoms. The summed E-state index contributed by atoms with van der Waals surface area (Å²) in [6.07, 6.45) is 3.62. The van der Waals surface area contributed by atoms with Gasteiger partial charge < -0.3 is 9.97 Å². The van der Waals surface area contributed by atoms with Crippen LogP contribution in [0.25, 0.3) is 66.4 Å². The van der Waals surface area contributed by atoms with Crippen LogP contribution in [0, 0.1) is 0 Å². The summed E-state index contributed by atoms with van der Waals surface area (Å²) in [4.78, 5) is 21.6. The number of pyridine rings is 2. The number of rotatable bonds is 2. The second kappa shape index (κ2) is 6.49. The lowest BCUT2D eigenvalue weighted by molar-refractivity contribution is 1.34. The standard InChI is InChI=1S/C27H17N5/c1-2-8-16(9-3-1)22-21(17-10-4-5-13-20(17)30-22)27-31-25-18-11-6-14-28-23(18)24-19(26(25)32-27)12-7-15-29-24/h1-15,30H,(H,31,32). The van der Waals surface area contributed by atoms with E-state index < -0.39 is 0 Å². The molecule has 0 saturated carbocycles. The van der Waals surface area contributed by atoms with Crippen molar-refractivity contribution < 1.29 is 0 Å². The van der Waals surface area contributed by atoms with Crippen molar-refractivity contribution in [1.29, 1.82) is 0 Å². The molecule has 5 nitrogen and oxygen atoms in total. The first-order valence-electron chi connectivity index (χ1n) is 10.6. The van der Waals surface area contributed by atoms with Gasteiger partial charge in [0.25, 0.3) is 0 Å². The van der Waals surface area contributed by atoms with Crippen LogP contribution in [0.3, 0.4) is 0 Å². The number of para-hydroxylation sites is 1. The molecule has 0 atom stereocenters. The number of nitrogens with one attached hydrogen (secondary N) is 2. The quantitative estimate of drug-likeness (QED) is 0.320.